The lowest BCUT2D eigenvalue weighted by Crippen LogP contribution is -2.16. The van der Waals surface area contributed by atoms with Gasteiger partial charge in [0.2, 0.25) is 0 Å². The van der Waals surface area contributed by atoms with Gasteiger partial charge in [-0.3, -0.25) is 0 Å². The number of benzene rings is 1. The summed E-state index contributed by atoms with van der Waals surface area (Å²) in [5.41, 5.74) is 0.272. The number of rotatable bonds is 6. The Labute approximate surface area is 144 Å². The van der Waals surface area contributed by atoms with Gasteiger partial charge in [-0.2, -0.15) is 0 Å². The lowest BCUT2D eigenvalue weighted by molar-refractivity contribution is -0.138. The van der Waals surface area contributed by atoms with Gasteiger partial charge in [0.1, 0.15) is 5.70 Å². The van der Waals surface area contributed by atoms with Crippen molar-refractivity contribution in [3.05, 3.63) is 40.6 Å². The first-order valence-electron chi connectivity index (χ1n) is 6.94. The van der Waals surface area contributed by atoms with Crippen molar-refractivity contribution >= 4 is 35.2 Å². The van der Waals surface area contributed by atoms with E-state index in [2.05, 4.69) is 14.8 Å². The van der Waals surface area contributed by atoms with E-state index in [-0.39, 0.29) is 28.1 Å². The third-order valence-electron chi connectivity index (χ3n) is 2.68. The van der Waals surface area contributed by atoms with E-state index in [1.165, 1.54) is 25.3 Å². The minimum atomic E-state index is -0.799. The molecule has 0 bridgehead atoms. The molecule has 0 saturated carbocycles. The molecule has 0 heterocycles. The normalized spacial score (nSPS) is 11.0. The molecule has 0 fully saturated rings. The first-order chi connectivity index (χ1) is 11.3. The molecule has 7 nitrogen and oxygen atoms in total. The van der Waals surface area contributed by atoms with Crippen molar-refractivity contribution in [3.63, 3.8) is 0 Å². The zero-order chi connectivity index (χ0) is 18.3. The van der Waals surface area contributed by atoms with E-state index >= 15 is 0 Å². The third-order valence-corrected chi connectivity index (χ3v) is 3.01. The summed E-state index contributed by atoms with van der Waals surface area (Å²) in [5.74, 6) is -2.10. The van der Waals surface area contributed by atoms with Gasteiger partial charge in [-0.25, -0.2) is 14.4 Å². The van der Waals surface area contributed by atoms with Crippen molar-refractivity contribution in [2.75, 3.05) is 19.5 Å². The van der Waals surface area contributed by atoms with Crippen LogP contribution in [0.3, 0.4) is 0 Å². The average Bonchev–Trinajstić information content (AvgIpc) is 2.54. The standard InChI is InChI=1S/C16H18ClNO6/c1-9(2)24-15(20)10-5-6-11(17)12(7-10)18-13(16(21)23-4)8-14(19)22-3/h5-9,18H,1-4H3/b13-8+. The Hall–Kier alpha value is -2.54. The molecule has 0 radical (unpaired) electrons. The molecule has 0 aliphatic heterocycles. The van der Waals surface area contributed by atoms with Crippen molar-refractivity contribution in [2.45, 2.75) is 20.0 Å². The molecule has 8 heteroatoms. The predicted molar refractivity (Wildman–Crippen MR) is 87.7 cm³/mol. The van der Waals surface area contributed by atoms with Crippen LogP contribution in [0.15, 0.2) is 30.0 Å². The highest BCUT2D eigenvalue weighted by Crippen LogP contribution is 2.25. The van der Waals surface area contributed by atoms with Crippen molar-refractivity contribution < 1.29 is 28.6 Å². The fourth-order valence-corrected chi connectivity index (χ4v) is 1.77. The smallest absolute Gasteiger partial charge is 0.354 e. The molecule has 0 saturated heterocycles. The lowest BCUT2D eigenvalue weighted by atomic mass is 10.2. The van der Waals surface area contributed by atoms with Crippen LogP contribution < -0.4 is 5.32 Å². The van der Waals surface area contributed by atoms with Crippen molar-refractivity contribution in [1.82, 2.24) is 0 Å². The summed E-state index contributed by atoms with van der Waals surface area (Å²) in [4.78, 5) is 35.1. The van der Waals surface area contributed by atoms with Crippen LogP contribution in [0.25, 0.3) is 0 Å². The lowest BCUT2D eigenvalue weighted by Gasteiger charge is -2.13. The van der Waals surface area contributed by atoms with E-state index in [1.54, 1.807) is 13.8 Å². The van der Waals surface area contributed by atoms with Gasteiger partial charge in [-0.05, 0) is 32.0 Å². The molecule has 0 amide bonds. The van der Waals surface area contributed by atoms with Crippen LogP contribution in [0.5, 0.6) is 0 Å². The number of nitrogens with one attached hydrogen (secondary N) is 1. The molecule has 0 unspecified atom stereocenters. The van der Waals surface area contributed by atoms with Gasteiger partial charge in [0.05, 0.1) is 42.7 Å². The number of hydrogen-bond donors (Lipinski definition) is 1. The number of esters is 3. The van der Waals surface area contributed by atoms with Crippen molar-refractivity contribution in [1.29, 1.82) is 0 Å². The van der Waals surface area contributed by atoms with Gasteiger partial charge >= 0.3 is 17.9 Å². The third kappa shape index (κ3) is 5.58. The van der Waals surface area contributed by atoms with Crippen LogP contribution in [0.1, 0.15) is 24.2 Å². The van der Waals surface area contributed by atoms with E-state index < -0.39 is 17.9 Å². The molecule has 24 heavy (non-hydrogen) atoms. The monoisotopic (exact) mass is 355 g/mol. The fraction of sp³-hybridized carbons (Fsp3) is 0.312. The van der Waals surface area contributed by atoms with Crippen LogP contribution in [0.4, 0.5) is 5.69 Å². The molecule has 1 N–H and O–H groups in total. The molecule has 0 atom stereocenters. The molecule has 0 spiro atoms. The molecule has 0 aromatic heterocycles. The van der Waals surface area contributed by atoms with Gasteiger partial charge in [0.25, 0.3) is 0 Å². The second-order valence-corrected chi connectivity index (χ2v) is 5.25. The Morgan fingerprint density at radius 2 is 1.83 bits per heavy atom. The van der Waals surface area contributed by atoms with Crippen LogP contribution in [-0.4, -0.2) is 38.2 Å². The Balaban J connectivity index is 3.15. The van der Waals surface area contributed by atoms with Crippen molar-refractivity contribution in [2.24, 2.45) is 0 Å². The minimum Gasteiger partial charge on any atom is -0.466 e. The molecule has 0 aliphatic rings. The van der Waals surface area contributed by atoms with E-state index in [0.29, 0.717) is 0 Å². The highest BCUT2D eigenvalue weighted by Gasteiger charge is 2.16. The molecule has 1 aromatic rings. The molecule has 1 rings (SSSR count). The summed E-state index contributed by atoms with van der Waals surface area (Å²) in [6, 6.07) is 4.36. The summed E-state index contributed by atoms with van der Waals surface area (Å²) >= 11 is 6.06. The van der Waals surface area contributed by atoms with E-state index in [9.17, 15) is 14.4 Å². The summed E-state index contributed by atoms with van der Waals surface area (Å²) in [6.45, 7) is 3.45. The first kappa shape index (κ1) is 19.5. The quantitative estimate of drug-likeness (QED) is 0.476. The number of carbonyl (C=O) groups is 3. The topological polar surface area (TPSA) is 90.9 Å². The summed E-state index contributed by atoms with van der Waals surface area (Å²) in [5, 5.41) is 2.89. The maximum Gasteiger partial charge on any atom is 0.354 e. The SMILES string of the molecule is COC(=O)/C=C(/Nc1cc(C(=O)OC(C)C)ccc1Cl)C(=O)OC. The second-order valence-electron chi connectivity index (χ2n) is 4.85. The number of hydrogen-bond acceptors (Lipinski definition) is 7. The second kappa shape index (κ2) is 8.93. The maximum atomic E-state index is 11.9. The molecular weight excluding hydrogens is 338 g/mol. The largest absolute Gasteiger partial charge is 0.466 e. The van der Waals surface area contributed by atoms with Gasteiger partial charge in [-0.15, -0.1) is 0 Å². The zero-order valence-electron chi connectivity index (χ0n) is 13.7. The number of ether oxygens (including phenoxy) is 3. The maximum absolute atomic E-state index is 11.9. The number of carbonyl (C=O) groups excluding carboxylic acids is 3. The highest BCUT2D eigenvalue weighted by molar-refractivity contribution is 6.33. The molecule has 0 aliphatic carbocycles. The Bertz CT molecular complexity index is 669. The van der Waals surface area contributed by atoms with Crippen LogP contribution in [-0.2, 0) is 23.8 Å². The van der Waals surface area contributed by atoms with E-state index in [0.717, 1.165) is 13.2 Å². The van der Waals surface area contributed by atoms with Crippen LogP contribution in [0, 0.1) is 0 Å². The fourth-order valence-electron chi connectivity index (χ4n) is 1.61. The number of halogens is 1. The van der Waals surface area contributed by atoms with Gasteiger partial charge in [0, 0.05) is 0 Å². The minimum absolute atomic E-state index is 0.194. The number of anilines is 1. The Morgan fingerprint density at radius 3 is 2.38 bits per heavy atom. The predicted octanol–water partition coefficient (Wildman–Crippen LogP) is 2.55. The molecule has 1 aromatic carbocycles. The molecular formula is C16H18ClNO6. The van der Waals surface area contributed by atoms with Crippen molar-refractivity contribution in [3.8, 4) is 0 Å². The van der Waals surface area contributed by atoms with Crippen LogP contribution in [0.2, 0.25) is 5.02 Å². The number of methoxy groups -OCH3 is 2. The van der Waals surface area contributed by atoms with Gasteiger partial charge in [0.15, 0.2) is 0 Å². The Morgan fingerprint density at radius 1 is 1.17 bits per heavy atom. The summed E-state index contributed by atoms with van der Waals surface area (Å²) in [7, 11) is 2.33. The Kier molecular flexibility index (Phi) is 7.26. The van der Waals surface area contributed by atoms with Crippen LogP contribution >= 0.6 is 11.6 Å². The summed E-state index contributed by atoms with van der Waals surface area (Å²) in [6.07, 6.45) is 0.635. The van der Waals surface area contributed by atoms with E-state index in [1.807, 2.05) is 0 Å². The van der Waals surface area contributed by atoms with Gasteiger partial charge in [-0.1, -0.05) is 11.6 Å². The summed E-state index contributed by atoms with van der Waals surface area (Å²) < 4.78 is 14.2. The first-order valence-corrected chi connectivity index (χ1v) is 7.31. The zero-order valence-corrected chi connectivity index (χ0v) is 14.5. The highest BCUT2D eigenvalue weighted by atomic mass is 35.5. The van der Waals surface area contributed by atoms with Gasteiger partial charge < -0.3 is 19.5 Å². The van der Waals surface area contributed by atoms with E-state index in [4.69, 9.17) is 16.3 Å². The molecule has 130 valence electrons. The average molecular weight is 356 g/mol.